The van der Waals surface area contributed by atoms with Crippen molar-refractivity contribution in [1.29, 1.82) is 0 Å². The van der Waals surface area contributed by atoms with Gasteiger partial charge in [0, 0.05) is 19.8 Å². The van der Waals surface area contributed by atoms with Gasteiger partial charge in [0.2, 0.25) is 0 Å². The predicted octanol–water partition coefficient (Wildman–Crippen LogP) is 3.04. The van der Waals surface area contributed by atoms with Crippen LogP contribution in [0.1, 0.15) is 31.4 Å². The second-order valence-corrected chi connectivity index (χ2v) is 4.05. The van der Waals surface area contributed by atoms with E-state index in [1.807, 2.05) is 6.92 Å². The largest absolute Gasteiger partial charge is 0.385 e. The zero-order valence-corrected chi connectivity index (χ0v) is 10.3. The second-order valence-electron chi connectivity index (χ2n) is 4.05. The van der Waals surface area contributed by atoms with Gasteiger partial charge in [0.05, 0.1) is 0 Å². The van der Waals surface area contributed by atoms with E-state index in [0.717, 1.165) is 37.6 Å². The van der Waals surface area contributed by atoms with Gasteiger partial charge in [-0.1, -0.05) is 6.07 Å². The maximum atomic E-state index is 13.0. The van der Waals surface area contributed by atoms with Crippen LogP contribution in [0.5, 0.6) is 0 Å². The van der Waals surface area contributed by atoms with Crippen LogP contribution in [0.25, 0.3) is 0 Å². The van der Waals surface area contributed by atoms with E-state index in [2.05, 4.69) is 5.32 Å². The zero-order chi connectivity index (χ0) is 12.7. The van der Waals surface area contributed by atoms with Crippen molar-refractivity contribution in [3.8, 4) is 0 Å². The van der Waals surface area contributed by atoms with E-state index in [0.29, 0.717) is 0 Å². The number of nitrogens with one attached hydrogen (secondary N) is 1. The van der Waals surface area contributed by atoms with Gasteiger partial charge >= 0.3 is 0 Å². The predicted molar refractivity (Wildman–Crippen MR) is 63.9 cm³/mol. The summed E-state index contributed by atoms with van der Waals surface area (Å²) in [4.78, 5) is 0. The summed E-state index contributed by atoms with van der Waals surface area (Å²) in [7, 11) is 1.68. The van der Waals surface area contributed by atoms with Crippen molar-refractivity contribution in [2.45, 2.75) is 25.8 Å². The zero-order valence-electron chi connectivity index (χ0n) is 10.3. The topological polar surface area (TPSA) is 21.3 Å². The molecular formula is C13H19F2NO. The maximum absolute atomic E-state index is 13.0. The third-order valence-corrected chi connectivity index (χ3v) is 2.67. The number of ether oxygens (including phenoxy) is 1. The first-order valence-corrected chi connectivity index (χ1v) is 5.82. The fraction of sp³-hybridized carbons (Fsp3) is 0.538. The lowest BCUT2D eigenvalue weighted by Crippen LogP contribution is -2.20. The van der Waals surface area contributed by atoms with Gasteiger partial charge in [0.1, 0.15) is 0 Å². The number of methoxy groups -OCH3 is 1. The van der Waals surface area contributed by atoms with Gasteiger partial charge in [0.15, 0.2) is 11.6 Å². The van der Waals surface area contributed by atoms with Gasteiger partial charge in [-0.2, -0.15) is 0 Å². The van der Waals surface area contributed by atoms with Gasteiger partial charge in [-0.05, 0) is 44.0 Å². The van der Waals surface area contributed by atoms with Crippen molar-refractivity contribution < 1.29 is 13.5 Å². The highest BCUT2D eigenvalue weighted by Crippen LogP contribution is 2.15. The van der Waals surface area contributed by atoms with Crippen LogP contribution in [0.2, 0.25) is 0 Å². The number of hydrogen-bond donors (Lipinski definition) is 1. The van der Waals surface area contributed by atoms with Crippen LogP contribution >= 0.6 is 0 Å². The molecule has 0 radical (unpaired) electrons. The van der Waals surface area contributed by atoms with Crippen molar-refractivity contribution in [1.82, 2.24) is 5.32 Å². The molecule has 0 spiro atoms. The van der Waals surface area contributed by atoms with Gasteiger partial charge in [-0.3, -0.25) is 0 Å². The summed E-state index contributed by atoms with van der Waals surface area (Å²) in [5, 5.41) is 3.26. The SMILES string of the molecule is COCCCCNC(C)c1ccc(F)c(F)c1. The van der Waals surface area contributed by atoms with Crippen molar-refractivity contribution in [2.75, 3.05) is 20.3 Å². The van der Waals surface area contributed by atoms with Gasteiger partial charge < -0.3 is 10.1 Å². The molecule has 0 aliphatic heterocycles. The lowest BCUT2D eigenvalue weighted by Gasteiger charge is -2.14. The van der Waals surface area contributed by atoms with E-state index < -0.39 is 11.6 Å². The maximum Gasteiger partial charge on any atom is 0.159 e. The number of unbranched alkanes of at least 4 members (excludes halogenated alkanes) is 1. The molecular weight excluding hydrogens is 224 g/mol. The summed E-state index contributed by atoms with van der Waals surface area (Å²) in [6, 6.07) is 4.02. The molecule has 0 aromatic heterocycles. The Morgan fingerprint density at radius 3 is 2.65 bits per heavy atom. The second kappa shape index (κ2) is 7.35. The summed E-state index contributed by atoms with van der Waals surface area (Å²) < 4.78 is 30.7. The summed E-state index contributed by atoms with van der Waals surface area (Å²) >= 11 is 0. The highest BCUT2D eigenvalue weighted by atomic mass is 19.2. The van der Waals surface area contributed by atoms with Gasteiger partial charge in [-0.15, -0.1) is 0 Å². The lowest BCUT2D eigenvalue weighted by molar-refractivity contribution is 0.192. The lowest BCUT2D eigenvalue weighted by atomic mass is 10.1. The molecule has 0 amide bonds. The standard InChI is InChI=1S/C13H19F2NO/c1-10(16-7-3-4-8-17-2)11-5-6-12(14)13(15)9-11/h5-6,9-10,16H,3-4,7-8H2,1-2H3. The molecule has 0 saturated carbocycles. The van der Waals surface area contributed by atoms with E-state index in [1.165, 1.54) is 6.07 Å². The number of halogens is 2. The summed E-state index contributed by atoms with van der Waals surface area (Å²) in [6.45, 7) is 3.52. The normalized spacial score (nSPS) is 12.7. The quantitative estimate of drug-likeness (QED) is 0.743. The van der Waals surface area contributed by atoms with Crippen molar-refractivity contribution >= 4 is 0 Å². The van der Waals surface area contributed by atoms with E-state index in [1.54, 1.807) is 13.2 Å². The Morgan fingerprint density at radius 1 is 1.24 bits per heavy atom. The minimum atomic E-state index is -0.805. The first-order valence-electron chi connectivity index (χ1n) is 5.82. The van der Waals surface area contributed by atoms with E-state index in [4.69, 9.17) is 4.74 Å². The molecule has 0 saturated heterocycles. The molecule has 1 atom stereocenters. The Hall–Kier alpha value is -1.00. The van der Waals surface area contributed by atoms with E-state index >= 15 is 0 Å². The molecule has 1 rings (SSSR count). The highest BCUT2D eigenvalue weighted by molar-refractivity contribution is 5.20. The Balaban J connectivity index is 2.36. The Labute approximate surface area is 101 Å². The molecule has 4 heteroatoms. The fourth-order valence-electron chi connectivity index (χ4n) is 1.59. The molecule has 17 heavy (non-hydrogen) atoms. The summed E-state index contributed by atoms with van der Waals surface area (Å²) in [5.74, 6) is -1.60. The first-order chi connectivity index (χ1) is 8.15. The van der Waals surface area contributed by atoms with Crippen LogP contribution in [0, 0.1) is 11.6 Å². The number of rotatable bonds is 7. The number of hydrogen-bond acceptors (Lipinski definition) is 2. The molecule has 0 aliphatic rings. The summed E-state index contributed by atoms with van der Waals surface area (Å²) in [6.07, 6.45) is 2.00. The molecule has 0 heterocycles. The van der Waals surface area contributed by atoms with Crippen molar-refractivity contribution in [2.24, 2.45) is 0 Å². The molecule has 1 unspecified atom stereocenters. The molecule has 0 bridgehead atoms. The Morgan fingerprint density at radius 2 is 2.00 bits per heavy atom. The average molecular weight is 243 g/mol. The van der Waals surface area contributed by atoms with Crippen LogP contribution in [0.3, 0.4) is 0 Å². The number of benzene rings is 1. The molecule has 1 aromatic rings. The monoisotopic (exact) mass is 243 g/mol. The van der Waals surface area contributed by atoms with Crippen molar-refractivity contribution in [3.05, 3.63) is 35.4 Å². The van der Waals surface area contributed by atoms with Crippen LogP contribution < -0.4 is 5.32 Å². The molecule has 2 nitrogen and oxygen atoms in total. The Kier molecular flexibility index (Phi) is 6.08. The third-order valence-electron chi connectivity index (χ3n) is 2.67. The van der Waals surface area contributed by atoms with Crippen LogP contribution in [-0.4, -0.2) is 20.3 Å². The smallest absolute Gasteiger partial charge is 0.159 e. The minimum Gasteiger partial charge on any atom is -0.385 e. The van der Waals surface area contributed by atoms with E-state index in [-0.39, 0.29) is 6.04 Å². The molecule has 1 aromatic carbocycles. The fourth-order valence-corrected chi connectivity index (χ4v) is 1.59. The van der Waals surface area contributed by atoms with Crippen LogP contribution in [-0.2, 0) is 4.74 Å². The van der Waals surface area contributed by atoms with Gasteiger partial charge in [0.25, 0.3) is 0 Å². The van der Waals surface area contributed by atoms with Crippen LogP contribution in [0.15, 0.2) is 18.2 Å². The molecule has 0 fully saturated rings. The van der Waals surface area contributed by atoms with Gasteiger partial charge in [-0.25, -0.2) is 8.78 Å². The molecule has 1 N–H and O–H groups in total. The Bertz CT molecular complexity index is 344. The van der Waals surface area contributed by atoms with E-state index in [9.17, 15) is 8.78 Å². The summed E-state index contributed by atoms with van der Waals surface area (Å²) in [5.41, 5.74) is 0.760. The van der Waals surface area contributed by atoms with Crippen molar-refractivity contribution in [3.63, 3.8) is 0 Å². The van der Waals surface area contributed by atoms with Crippen LogP contribution in [0.4, 0.5) is 8.78 Å². The third kappa shape index (κ3) is 4.79. The molecule has 96 valence electrons. The average Bonchev–Trinajstić information content (AvgIpc) is 2.32. The first kappa shape index (κ1) is 14.1. The highest BCUT2D eigenvalue weighted by Gasteiger charge is 2.08. The molecule has 0 aliphatic carbocycles. The minimum absolute atomic E-state index is 0.0210.